The normalized spacial score (nSPS) is 17.6. The average Bonchev–Trinajstić information content (AvgIpc) is 2.88. The molecular formula is C28H30N2O5. The lowest BCUT2D eigenvalue weighted by molar-refractivity contribution is -0.125. The summed E-state index contributed by atoms with van der Waals surface area (Å²) in [6.07, 6.45) is 0.698. The Morgan fingerprint density at radius 3 is 2.11 bits per heavy atom. The lowest BCUT2D eigenvalue weighted by atomic mass is 9.83. The van der Waals surface area contributed by atoms with Crippen LogP contribution in [0.5, 0.6) is 17.2 Å². The number of hydrogen-bond acceptors (Lipinski definition) is 5. The number of nitrogens with one attached hydrogen (secondary N) is 1. The van der Waals surface area contributed by atoms with Crippen LogP contribution in [0, 0.1) is 12.8 Å². The zero-order chi connectivity index (χ0) is 24.9. The monoisotopic (exact) mass is 474 g/mol. The van der Waals surface area contributed by atoms with Gasteiger partial charge in [0, 0.05) is 12.1 Å². The molecule has 0 spiro atoms. The number of rotatable bonds is 7. The van der Waals surface area contributed by atoms with Crippen molar-refractivity contribution in [2.24, 2.45) is 5.92 Å². The van der Waals surface area contributed by atoms with Crippen LogP contribution in [0.2, 0.25) is 0 Å². The van der Waals surface area contributed by atoms with Crippen LogP contribution < -0.4 is 24.4 Å². The Bertz CT molecular complexity index is 1190. The number of amides is 2. The van der Waals surface area contributed by atoms with Crippen LogP contribution in [-0.4, -0.2) is 33.1 Å². The third-order valence-corrected chi connectivity index (χ3v) is 6.35. The zero-order valence-electron chi connectivity index (χ0n) is 20.4. The maximum Gasteiger partial charge on any atom is 0.230 e. The van der Waals surface area contributed by atoms with Gasteiger partial charge in [-0.3, -0.25) is 9.59 Å². The molecule has 0 radical (unpaired) electrons. The molecule has 7 heteroatoms. The molecule has 0 aromatic heterocycles. The summed E-state index contributed by atoms with van der Waals surface area (Å²) in [5, 5.41) is 3.05. The molecule has 1 heterocycles. The first-order valence-corrected chi connectivity index (χ1v) is 11.5. The van der Waals surface area contributed by atoms with Crippen molar-refractivity contribution >= 4 is 23.2 Å². The van der Waals surface area contributed by atoms with Crippen molar-refractivity contribution in [3.63, 3.8) is 0 Å². The molecule has 35 heavy (non-hydrogen) atoms. The summed E-state index contributed by atoms with van der Waals surface area (Å²) in [7, 11) is 4.78. The van der Waals surface area contributed by atoms with Crippen molar-refractivity contribution in [3.05, 3.63) is 77.9 Å². The Labute approximate surface area is 205 Å². The van der Waals surface area contributed by atoms with Crippen molar-refractivity contribution in [2.45, 2.75) is 25.8 Å². The van der Waals surface area contributed by atoms with Crippen molar-refractivity contribution in [3.8, 4) is 17.2 Å². The van der Waals surface area contributed by atoms with E-state index in [0.717, 1.165) is 11.1 Å². The highest BCUT2D eigenvalue weighted by molar-refractivity contribution is 6.00. The highest BCUT2D eigenvalue weighted by Crippen LogP contribution is 2.41. The molecule has 2 amide bonds. The molecule has 7 nitrogen and oxygen atoms in total. The topological polar surface area (TPSA) is 77.1 Å². The molecule has 1 aliphatic heterocycles. The molecule has 3 aromatic carbocycles. The van der Waals surface area contributed by atoms with E-state index < -0.39 is 12.0 Å². The fraction of sp³-hybridized carbons (Fsp3) is 0.286. The van der Waals surface area contributed by atoms with Gasteiger partial charge in [-0.25, -0.2) is 0 Å². The van der Waals surface area contributed by atoms with Gasteiger partial charge in [0.1, 0.15) is 17.2 Å². The van der Waals surface area contributed by atoms with Crippen molar-refractivity contribution < 1.29 is 23.8 Å². The van der Waals surface area contributed by atoms with Gasteiger partial charge in [-0.15, -0.1) is 0 Å². The minimum atomic E-state index is -0.494. The molecule has 0 saturated carbocycles. The van der Waals surface area contributed by atoms with Crippen molar-refractivity contribution in [2.75, 3.05) is 31.5 Å². The smallest absolute Gasteiger partial charge is 0.230 e. The second-order valence-corrected chi connectivity index (χ2v) is 8.52. The predicted octanol–water partition coefficient (Wildman–Crippen LogP) is 5.14. The van der Waals surface area contributed by atoms with Crippen LogP contribution in [0.4, 0.5) is 11.4 Å². The van der Waals surface area contributed by atoms with Gasteiger partial charge in [-0.1, -0.05) is 18.2 Å². The standard InChI is InChI=1S/C28H30N2O5/c1-18-5-15-25(35-4)24(17-18)29-28(32)23-14-16-26(31)30(20-8-12-22(34-3)13-9-20)27(23)19-6-10-21(33-2)11-7-19/h5-13,15,17,23,27H,14,16H2,1-4H3,(H,29,32)/t23-,27+/m0/s1. The number of benzene rings is 3. The Kier molecular flexibility index (Phi) is 7.25. The van der Waals surface area contributed by atoms with Crippen molar-refractivity contribution in [1.29, 1.82) is 0 Å². The molecule has 2 atom stereocenters. The summed E-state index contributed by atoms with van der Waals surface area (Å²) in [4.78, 5) is 28.7. The largest absolute Gasteiger partial charge is 0.497 e. The van der Waals surface area contributed by atoms with Crippen LogP contribution >= 0.6 is 0 Å². The van der Waals surface area contributed by atoms with E-state index in [1.165, 1.54) is 0 Å². The molecular weight excluding hydrogens is 444 g/mol. The maximum absolute atomic E-state index is 13.7. The van der Waals surface area contributed by atoms with Gasteiger partial charge in [0.05, 0.1) is 39.0 Å². The number of ether oxygens (including phenoxy) is 3. The fourth-order valence-electron chi connectivity index (χ4n) is 4.54. The summed E-state index contributed by atoms with van der Waals surface area (Å²) in [6.45, 7) is 1.96. The van der Waals surface area contributed by atoms with E-state index in [2.05, 4.69) is 5.32 Å². The van der Waals surface area contributed by atoms with E-state index in [1.807, 2.05) is 73.7 Å². The first kappa shape index (κ1) is 24.1. The number of anilines is 2. The minimum absolute atomic E-state index is 0.0341. The second-order valence-electron chi connectivity index (χ2n) is 8.52. The molecule has 1 N–H and O–H groups in total. The Morgan fingerprint density at radius 2 is 1.51 bits per heavy atom. The number of piperidine rings is 1. The first-order valence-electron chi connectivity index (χ1n) is 11.5. The summed E-state index contributed by atoms with van der Waals surface area (Å²) in [5.74, 6) is 1.31. The van der Waals surface area contributed by atoms with E-state index in [9.17, 15) is 9.59 Å². The summed E-state index contributed by atoms with van der Waals surface area (Å²) >= 11 is 0. The molecule has 0 unspecified atom stereocenters. The van der Waals surface area contributed by atoms with E-state index in [1.54, 1.807) is 26.2 Å². The van der Waals surface area contributed by atoms with Crippen LogP contribution in [0.3, 0.4) is 0 Å². The molecule has 1 aliphatic rings. The number of carbonyl (C=O) groups is 2. The number of methoxy groups -OCH3 is 3. The van der Waals surface area contributed by atoms with Gasteiger partial charge in [-0.05, 0) is 73.0 Å². The summed E-state index contributed by atoms with van der Waals surface area (Å²) in [5.41, 5.74) is 3.18. The molecule has 182 valence electrons. The molecule has 1 saturated heterocycles. The maximum atomic E-state index is 13.7. The number of hydrogen-bond donors (Lipinski definition) is 1. The third kappa shape index (κ3) is 5.09. The molecule has 0 bridgehead atoms. The van der Waals surface area contributed by atoms with Gasteiger partial charge in [0.25, 0.3) is 0 Å². The van der Waals surface area contributed by atoms with Gasteiger partial charge >= 0.3 is 0 Å². The van der Waals surface area contributed by atoms with E-state index in [0.29, 0.717) is 35.0 Å². The molecule has 0 aliphatic carbocycles. The van der Waals surface area contributed by atoms with E-state index in [-0.39, 0.29) is 18.2 Å². The Hall–Kier alpha value is -4.00. The average molecular weight is 475 g/mol. The Morgan fingerprint density at radius 1 is 0.886 bits per heavy atom. The molecule has 4 rings (SSSR count). The van der Waals surface area contributed by atoms with Gasteiger partial charge in [0.15, 0.2) is 0 Å². The third-order valence-electron chi connectivity index (χ3n) is 6.35. The van der Waals surface area contributed by atoms with Gasteiger partial charge < -0.3 is 24.4 Å². The SMILES string of the molecule is COc1ccc([C@@H]2[C@@H](C(=O)Nc3cc(C)ccc3OC)CCC(=O)N2c2ccc(OC)cc2)cc1. The Balaban J connectivity index is 1.74. The number of nitrogens with zero attached hydrogens (tertiary/aromatic N) is 1. The molecule has 3 aromatic rings. The van der Waals surface area contributed by atoms with Crippen molar-refractivity contribution in [1.82, 2.24) is 0 Å². The number of aryl methyl sites for hydroxylation is 1. The van der Waals surface area contributed by atoms with Crippen LogP contribution in [0.25, 0.3) is 0 Å². The zero-order valence-corrected chi connectivity index (χ0v) is 20.4. The fourth-order valence-corrected chi connectivity index (χ4v) is 4.54. The quantitative estimate of drug-likeness (QED) is 0.513. The predicted molar refractivity (Wildman–Crippen MR) is 135 cm³/mol. The summed E-state index contributed by atoms with van der Waals surface area (Å²) < 4.78 is 16.1. The van der Waals surface area contributed by atoms with E-state index >= 15 is 0 Å². The highest BCUT2D eigenvalue weighted by atomic mass is 16.5. The van der Waals surface area contributed by atoms with Crippen LogP contribution in [0.15, 0.2) is 66.7 Å². The molecule has 1 fully saturated rings. The first-order chi connectivity index (χ1) is 16.9. The lowest BCUT2D eigenvalue weighted by Gasteiger charge is -2.41. The minimum Gasteiger partial charge on any atom is -0.497 e. The lowest BCUT2D eigenvalue weighted by Crippen LogP contribution is -2.47. The van der Waals surface area contributed by atoms with Gasteiger partial charge in [-0.2, -0.15) is 0 Å². The number of carbonyl (C=O) groups excluding carboxylic acids is 2. The summed E-state index contributed by atoms with van der Waals surface area (Å²) in [6, 6.07) is 20.0. The van der Waals surface area contributed by atoms with Crippen LogP contribution in [0.1, 0.15) is 30.0 Å². The van der Waals surface area contributed by atoms with Gasteiger partial charge in [0.2, 0.25) is 11.8 Å². The highest BCUT2D eigenvalue weighted by Gasteiger charge is 2.41. The van der Waals surface area contributed by atoms with E-state index in [4.69, 9.17) is 14.2 Å². The second kappa shape index (κ2) is 10.5. The van der Waals surface area contributed by atoms with Crippen LogP contribution in [-0.2, 0) is 9.59 Å².